The monoisotopic (exact) mass is 1100 g/mol. The Kier molecular flexibility index (Phi) is 14.3. The lowest BCUT2D eigenvalue weighted by atomic mass is 9.99. The standard InChI is InChI=1S/C52H43F6N11O6S2/c1-8-17-51(54,55)34-20-29(66-46(73)50(5,6)69(48(66)77)32-19-33-41(36(53)22-32)63-39(9-2)64-43(33)75-26-38(60)70)13-11-28(34)24-61-18-16-37-42(74-7)44(71)65-25-31(14-15-40(65)62-37)68-47(76)67(45(72)49(68,3)4)30-12-10-27(23-59)35(21-30)52(56,57)58/h8,10-15,17,19-22,25H,9,16,18,26H2,1-7H3,(H-,60,70)/p+1/b17-8+. The van der Waals surface area contributed by atoms with Crippen molar-refractivity contribution < 1.29 is 50.2 Å². The van der Waals surface area contributed by atoms with E-state index < -0.39 is 75.6 Å². The largest absolute Gasteiger partial charge is 0.490 e. The van der Waals surface area contributed by atoms with Crippen molar-refractivity contribution in [3.8, 4) is 23.8 Å². The summed E-state index contributed by atoms with van der Waals surface area (Å²) in [6.07, 6.45) is -1.52. The zero-order chi connectivity index (χ0) is 56.3. The highest BCUT2D eigenvalue weighted by Crippen LogP contribution is 2.43. The molecule has 3 aromatic carbocycles. The van der Waals surface area contributed by atoms with Crippen LogP contribution in [0.25, 0.3) is 21.4 Å². The van der Waals surface area contributed by atoms with Gasteiger partial charge in [0.1, 0.15) is 33.6 Å². The highest BCUT2D eigenvalue weighted by atomic mass is 32.1. The van der Waals surface area contributed by atoms with E-state index in [-0.39, 0.29) is 91.2 Å². The fourth-order valence-corrected chi connectivity index (χ4v) is 10.00. The molecule has 2 N–H and O–H groups in total. The van der Waals surface area contributed by atoms with Gasteiger partial charge < -0.3 is 25.0 Å². The van der Waals surface area contributed by atoms with Crippen LogP contribution >= 0.6 is 24.4 Å². The first kappa shape index (κ1) is 54.7. The molecule has 3 amide bonds. The summed E-state index contributed by atoms with van der Waals surface area (Å²) in [4.78, 5) is 75.9. The Morgan fingerprint density at radius 3 is 2.01 bits per heavy atom. The lowest BCUT2D eigenvalue weighted by molar-refractivity contribution is -0.137. The Bertz CT molecular complexity index is 3740. The number of aryl methyl sites for hydroxylation is 1. The van der Waals surface area contributed by atoms with Crippen LogP contribution in [0.4, 0.5) is 49.1 Å². The molecule has 3 aromatic heterocycles. The van der Waals surface area contributed by atoms with Crippen LogP contribution in [0.15, 0.2) is 83.8 Å². The third-order valence-corrected chi connectivity index (χ3v) is 13.4. The maximum atomic E-state index is 16.1. The van der Waals surface area contributed by atoms with E-state index in [4.69, 9.17) is 39.6 Å². The number of ether oxygens (including phenoxy) is 2. The number of carbonyl (C=O) groups is 3. The van der Waals surface area contributed by atoms with Gasteiger partial charge in [0.2, 0.25) is 11.6 Å². The quantitative estimate of drug-likeness (QED) is 0.0656. The van der Waals surface area contributed by atoms with Gasteiger partial charge in [-0.05, 0) is 126 Å². The minimum absolute atomic E-state index is 0.0496. The van der Waals surface area contributed by atoms with Crippen LogP contribution < -0.4 is 40.4 Å². The molecule has 0 aliphatic carbocycles. The number of aromatic nitrogens is 4. The third-order valence-electron chi connectivity index (χ3n) is 12.7. The smallest absolute Gasteiger partial charge is 0.417 e. The fourth-order valence-electron chi connectivity index (χ4n) is 8.96. The fraction of sp³-hybridized carbons (Fsp3) is 0.288. The molecule has 2 saturated heterocycles. The summed E-state index contributed by atoms with van der Waals surface area (Å²) in [7, 11) is 1.24. The summed E-state index contributed by atoms with van der Waals surface area (Å²) in [6, 6.07) is 16.2. The number of thiocarbonyl (C=S) groups is 2. The second-order valence-electron chi connectivity index (χ2n) is 18.5. The number of carbonyl (C=O) groups excluding carboxylic acids is 3. The molecule has 396 valence electrons. The number of benzene rings is 3. The number of primary amides is 1. The van der Waals surface area contributed by atoms with Crippen LogP contribution in [-0.2, 0) is 39.3 Å². The first-order chi connectivity index (χ1) is 36.2. The Labute approximate surface area is 445 Å². The first-order valence-electron chi connectivity index (χ1n) is 23.3. The lowest BCUT2D eigenvalue weighted by Gasteiger charge is -2.29. The average Bonchev–Trinajstić information content (AvgIpc) is 3.70. The van der Waals surface area contributed by atoms with Crippen molar-refractivity contribution in [2.75, 3.05) is 39.9 Å². The van der Waals surface area contributed by atoms with Gasteiger partial charge in [-0.15, -0.1) is 0 Å². The number of hydrogen-bond donors (Lipinski definition) is 1. The van der Waals surface area contributed by atoms with Crippen molar-refractivity contribution in [1.82, 2.24) is 19.4 Å². The van der Waals surface area contributed by atoms with Gasteiger partial charge in [-0.3, -0.25) is 33.4 Å². The average molecular weight is 1100 g/mol. The molecule has 5 heterocycles. The first-order valence-corrected chi connectivity index (χ1v) is 24.1. The molecule has 0 saturated carbocycles. The van der Waals surface area contributed by atoms with Gasteiger partial charge in [-0.1, -0.05) is 17.8 Å². The summed E-state index contributed by atoms with van der Waals surface area (Å²) < 4.78 is 102. The minimum Gasteiger partial charge on any atom is -0.490 e. The van der Waals surface area contributed by atoms with Crippen LogP contribution in [-0.4, -0.2) is 78.6 Å². The predicted octanol–water partition coefficient (Wildman–Crippen LogP) is 8.53. The van der Waals surface area contributed by atoms with E-state index in [1.165, 1.54) is 100 Å². The number of nitrogens with zero attached hydrogens (tertiary/aromatic N) is 10. The van der Waals surface area contributed by atoms with Gasteiger partial charge in [-0.2, -0.15) is 32.2 Å². The normalized spacial score (nSPS) is 15.5. The second kappa shape index (κ2) is 20.2. The number of hydrogen-bond acceptors (Lipinski definition) is 12. The number of rotatable bonds is 13. The number of methoxy groups -OCH3 is 1. The molecule has 8 rings (SSSR count). The van der Waals surface area contributed by atoms with Crippen LogP contribution in [0.1, 0.15) is 75.3 Å². The van der Waals surface area contributed by atoms with Crippen molar-refractivity contribution in [1.29, 1.82) is 5.26 Å². The van der Waals surface area contributed by atoms with E-state index >= 15 is 13.2 Å². The highest BCUT2D eigenvalue weighted by molar-refractivity contribution is 7.81. The predicted molar refractivity (Wildman–Crippen MR) is 281 cm³/mol. The van der Waals surface area contributed by atoms with Gasteiger partial charge in [0.15, 0.2) is 22.6 Å². The number of nitrogens with two attached hydrogens (primary N) is 1. The number of amides is 3. The van der Waals surface area contributed by atoms with E-state index in [2.05, 4.69) is 25.9 Å². The molecule has 2 aliphatic heterocycles. The molecule has 0 bridgehead atoms. The Morgan fingerprint density at radius 2 is 1.44 bits per heavy atom. The van der Waals surface area contributed by atoms with Crippen molar-refractivity contribution in [3.63, 3.8) is 0 Å². The van der Waals surface area contributed by atoms with Gasteiger partial charge in [0, 0.05) is 23.9 Å². The van der Waals surface area contributed by atoms with Gasteiger partial charge >= 0.3 is 17.8 Å². The molecule has 0 unspecified atom stereocenters. The van der Waals surface area contributed by atoms with Crippen molar-refractivity contribution >= 4 is 91.7 Å². The van der Waals surface area contributed by atoms with Crippen LogP contribution in [0, 0.1) is 23.2 Å². The van der Waals surface area contributed by atoms with Crippen molar-refractivity contribution in [2.45, 2.75) is 77.6 Å². The third kappa shape index (κ3) is 9.72. The van der Waals surface area contributed by atoms with E-state index in [9.17, 15) is 37.6 Å². The number of alkyl halides is 5. The SMILES string of the molecule is C/C=C/C(F)(F)c1cc(N2C(=O)C(C)(C)N(c3cc(F)c4nc(CC)nc(OCC(N)=O)c4c3)C2=S)ccc1C#[N+]CCc1nc2ccc(N3C(=S)N(c4ccc(C#N)c(C(F)(F)F)c4)C(=O)C3(C)C)cn2c(=O)c1OC. The van der Waals surface area contributed by atoms with Crippen LogP contribution in [0.3, 0.4) is 0 Å². The number of anilines is 4. The summed E-state index contributed by atoms with van der Waals surface area (Å²) in [5.74, 6) is -6.72. The van der Waals surface area contributed by atoms with Gasteiger partial charge in [0.25, 0.3) is 30.2 Å². The molecule has 17 nitrogen and oxygen atoms in total. The molecule has 77 heavy (non-hydrogen) atoms. The number of allylic oxidation sites excluding steroid dienone is 2. The molecular formula is C52H44F6N11O6S2+. The summed E-state index contributed by atoms with van der Waals surface area (Å²) in [5.41, 5.74) is -0.946. The van der Waals surface area contributed by atoms with E-state index in [1.807, 2.05) is 0 Å². The molecule has 6 aromatic rings. The molecule has 0 radical (unpaired) electrons. The molecular weight excluding hydrogens is 1050 g/mol. The van der Waals surface area contributed by atoms with E-state index in [0.717, 1.165) is 38.5 Å². The topological polar surface area (TPSA) is 197 Å². The lowest BCUT2D eigenvalue weighted by Crippen LogP contribution is -2.44. The van der Waals surface area contributed by atoms with Gasteiger partial charge in [-0.25, -0.2) is 14.4 Å². The van der Waals surface area contributed by atoms with Crippen molar-refractivity contribution in [3.05, 3.63) is 134 Å². The summed E-state index contributed by atoms with van der Waals surface area (Å²) >= 11 is 11.5. The molecule has 0 atom stereocenters. The zero-order valence-corrected chi connectivity index (χ0v) is 43.6. The maximum absolute atomic E-state index is 16.1. The summed E-state index contributed by atoms with van der Waals surface area (Å²) in [6.45, 7) is 8.46. The van der Waals surface area contributed by atoms with Crippen LogP contribution in [0.5, 0.6) is 11.6 Å². The number of halogens is 6. The van der Waals surface area contributed by atoms with Crippen molar-refractivity contribution in [2.24, 2.45) is 5.73 Å². The molecule has 2 aliphatic rings. The van der Waals surface area contributed by atoms with Crippen LogP contribution in [0.2, 0.25) is 0 Å². The highest BCUT2D eigenvalue weighted by Gasteiger charge is 2.52. The zero-order valence-electron chi connectivity index (χ0n) is 41.9. The van der Waals surface area contributed by atoms with E-state index in [1.54, 1.807) is 6.92 Å². The Balaban J connectivity index is 1.07. The molecule has 0 spiro atoms. The van der Waals surface area contributed by atoms with E-state index in [0.29, 0.717) is 18.6 Å². The maximum Gasteiger partial charge on any atom is 0.417 e. The molecule has 25 heteroatoms. The number of pyridine rings is 1. The Hall–Kier alpha value is -8.55. The second-order valence-corrected chi connectivity index (χ2v) is 19.2. The van der Waals surface area contributed by atoms with Gasteiger partial charge in [0.05, 0.1) is 58.9 Å². The number of fused-ring (bicyclic) bond motifs is 2. The number of nitriles is 1. The Morgan fingerprint density at radius 1 is 0.844 bits per heavy atom. The molecule has 2 fully saturated rings. The summed E-state index contributed by atoms with van der Waals surface area (Å²) in [5, 5.41) is 8.96. The minimum atomic E-state index is -4.91.